The topological polar surface area (TPSA) is 131 Å². The number of amides is 3. The van der Waals surface area contributed by atoms with E-state index in [2.05, 4.69) is 15.5 Å². The fraction of sp³-hybridized carbons (Fsp3) is 0.306. The van der Waals surface area contributed by atoms with Crippen molar-refractivity contribution in [3.63, 3.8) is 0 Å². The molecule has 10 nitrogen and oxygen atoms in total. The molecule has 240 valence electrons. The van der Waals surface area contributed by atoms with Gasteiger partial charge in [0.05, 0.1) is 30.3 Å². The van der Waals surface area contributed by atoms with Gasteiger partial charge in [-0.3, -0.25) is 9.69 Å². The summed E-state index contributed by atoms with van der Waals surface area (Å²) in [5.41, 5.74) is 3.03. The molecule has 0 aromatic heterocycles. The first-order chi connectivity index (χ1) is 22.1. The van der Waals surface area contributed by atoms with Gasteiger partial charge in [-0.05, 0) is 61.3 Å². The number of benzene rings is 4. The molecule has 0 fully saturated rings. The van der Waals surface area contributed by atoms with Gasteiger partial charge in [-0.2, -0.15) is 0 Å². The van der Waals surface area contributed by atoms with Crippen LogP contribution in [0.2, 0.25) is 0 Å². The molecule has 1 aliphatic heterocycles. The van der Waals surface area contributed by atoms with E-state index >= 15 is 0 Å². The van der Waals surface area contributed by atoms with E-state index in [0.717, 1.165) is 16.3 Å². The Morgan fingerprint density at radius 2 is 1.76 bits per heavy atom. The Morgan fingerprint density at radius 3 is 2.50 bits per heavy atom. The smallest absolute Gasteiger partial charge is 0.335 e. The number of fused-ring (bicyclic) bond motifs is 2. The van der Waals surface area contributed by atoms with Crippen LogP contribution in [0, 0.1) is 5.92 Å². The van der Waals surface area contributed by atoms with Crippen LogP contribution in [-0.4, -0.2) is 76.8 Å². The zero-order valence-corrected chi connectivity index (χ0v) is 26.3. The molecule has 1 aliphatic rings. The molecule has 4 aromatic carbocycles. The van der Waals surface area contributed by atoms with Crippen LogP contribution in [0.25, 0.3) is 10.8 Å². The number of carbonyl (C=O) groups is 3. The number of anilines is 2. The summed E-state index contributed by atoms with van der Waals surface area (Å²) in [4.78, 5) is 41.7. The third-order valence-corrected chi connectivity index (χ3v) is 8.36. The van der Waals surface area contributed by atoms with Gasteiger partial charge < -0.3 is 30.5 Å². The average molecular weight is 625 g/mol. The molecule has 0 radical (unpaired) electrons. The van der Waals surface area contributed by atoms with Crippen molar-refractivity contribution in [1.29, 1.82) is 0 Å². The molecule has 3 atom stereocenters. The van der Waals surface area contributed by atoms with Crippen molar-refractivity contribution in [2.75, 3.05) is 37.4 Å². The molecule has 3 amide bonds. The molecule has 0 bridgehead atoms. The number of carbonyl (C=O) groups excluding carboxylic acids is 2. The van der Waals surface area contributed by atoms with Crippen LogP contribution >= 0.6 is 0 Å². The Morgan fingerprint density at radius 1 is 1.02 bits per heavy atom. The van der Waals surface area contributed by atoms with E-state index in [1.165, 1.54) is 0 Å². The van der Waals surface area contributed by atoms with Gasteiger partial charge in [0.25, 0.3) is 0 Å². The standard InChI is InChI=1S/C36H40N4O6/c1-23-19-40(24(2)22-41)34(42)18-28-17-29(37-36(45)38-31-10-6-8-26-7-4-5-9-30(26)31)15-16-32(28)46-33(23)21-39(3)20-25-11-13-27(14-12-25)35(43)44/h4-17,23-24,33,41H,18-22H2,1-3H3,(H,43,44)(H2,37,38,45)/t23-,24-,33-/m0/s1. The van der Waals surface area contributed by atoms with Crippen molar-refractivity contribution >= 4 is 40.1 Å². The van der Waals surface area contributed by atoms with E-state index in [9.17, 15) is 24.6 Å². The highest BCUT2D eigenvalue weighted by atomic mass is 16.5. The molecule has 5 rings (SSSR count). The van der Waals surface area contributed by atoms with E-state index in [0.29, 0.717) is 42.3 Å². The minimum absolute atomic E-state index is 0.0470. The van der Waals surface area contributed by atoms with Crippen molar-refractivity contribution in [2.24, 2.45) is 5.92 Å². The van der Waals surface area contributed by atoms with E-state index in [-0.39, 0.29) is 42.6 Å². The number of carboxylic acids is 1. The van der Waals surface area contributed by atoms with E-state index in [4.69, 9.17) is 4.74 Å². The second-order valence-electron chi connectivity index (χ2n) is 12.0. The highest BCUT2D eigenvalue weighted by Gasteiger charge is 2.31. The van der Waals surface area contributed by atoms with Crippen LogP contribution in [0.15, 0.2) is 84.9 Å². The number of ether oxygens (including phenoxy) is 1. The SMILES string of the molecule is C[C@H]1CN([C@@H](C)CO)C(=O)Cc2cc(NC(=O)Nc3cccc4ccccc34)ccc2O[C@H]1CN(C)Cc1ccc(C(=O)O)cc1. The predicted molar refractivity (Wildman–Crippen MR) is 178 cm³/mol. The second kappa shape index (κ2) is 14.4. The van der Waals surface area contributed by atoms with Gasteiger partial charge in [-0.1, -0.05) is 55.5 Å². The van der Waals surface area contributed by atoms with Crippen LogP contribution in [-0.2, 0) is 17.8 Å². The largest absolute Gasteiger partial charge is 0.488 e. The fourth-order valence-corrected chi connectivity index (χ4v) is 5.78. The minimum Gasteiger partial charge on any atom is -0.488 e. The van der Waals surface area contributed by atoms with Crippen molar-refractivity contribution in [3.8, 4) is 5.75 Å². The minimum atomic E-state index is -0.966. The van der Waals surface area contributed by atoms with Crippen molar-refractivity contribution in [1.82, 2.24) is 9.80 Å². The molecule has 4 aromatic rings. The molecule has 0 saturated heterocycles. The predicted octanol–water partition coefficient (Wildman–Crippen LogP) is 5.46. The summed E-state index contributed by atoms with van der Waals surface area (Å²) < 4.78 is 6.61. The highest BCUT2D eigenvalue weighted by Crippen LogP contribution is 2.30. The van der Waals surface area contributed by atoms with Crippen LogP contribution in [0.1, 0.15) is 35.3 Å². The van der Waals surface area contributed by atoms with E-state index in [1.54, 1.807) is 47.4 Å². The number of rotatable bonds is 9. The molecule has 4 N–H and O–H groups in total. The number of nitrogens with zero attached hydrogens (tertiary/aromatic N) is 2. The maximum Gasteiger partial charge on any atom is 0.335 e. The number of aliphatic hydroxyl groups is 1. The lowest BCUT2D eigenvalue weighted by molar-refractivity contribution is -0.134. The summed E-state index contributed by atoms with van der Waals surface area (Å²) in [5, 5.41) is 26.9. The number of nitrogens with one attached hydrogen (secondary N) is 2. The number of aromatic carboxylic acids is 1. The Balaban J connectivity index is 1.36. The summed E-state index contributed by atoms with van der Waals surface area (Å²) in [6, 6.07) is 24.8. The third kappa shape index (κ3) is 7.82. The molecule has 0 aliphatic carbocycles. The van der Waals surface area contributed by atoms with Crippen LogP contribution < -0.4 is 15.4 Å². The fourth-order valence-electron chi connectivity index (χ4n) is 5.78. The lowest BCUT2D eigenvalue weighted by Crippen LogP contribution is -2.47. The molecule has 10 heteroatoms. The van der Waals surface area contributed by atoms with Crippen molar-refractivity contribution in [3.05, 3.63) is 102 Å². The first-order valence-corrected chi connectivity index (χ1v) is 15.4. The number of likely N-dealkylation sites (N-methyl/N-ethyl adjacent to an activating group) is 1. The van der Waals surface area contributed by atoms with Gasteiger partial charge >= 0.3 is 12.0 Å². The third-order valence-electron chi connectivity index (χ3n) is 8.36. The van der Waals surface area contributed by atoms with Gasteiger partial charge in [0.2, 0.25) is 5.91 Å². The van der Waals surface area contributed by atoms with Crippen LogP contribution in [0.4, 0.5) is 16.2 Å². The van der Waals surface area contributed by atoms with Gasteiger partial charge in [0.15, 0.2) is 0 Å². The average Bonchev–Trinajstić information content (AvgIpc) is 3.08. The molecular formula is C36H40N4O6. The quantitative estimate of drug-likeness (QED) is 0.194. The summed E-state index contributed by atoms with van der Waals surface area (Å²) in [5.74, 6) is -0.623. The molecule has 46 heavy (non-hydrogen) atoms. The first-order valence-electron chi connectivity index (χ1n) is 15.4. The highest BCUT2D eigenvalue weighted by molar-refractivity contribution is 6.06. The monoisotopic (exact) mass is 624 g/mol. The molecule has 0 spiro atoms. The molecule has 0 unspecified atom stereocenters. The summed E-state index contributed by atoms with van der Waals surface area (Å²) in [7, 11) is 1.97. The lowest BCUT2D eigenvalue weighted by atomic mass is 10.0. The van der Waals surface area contributed by atoms with E-state index < -0.39 is 12.0 Å². The number of hydrogen-bond acceptors (Lipinski definition) is 6. The summed E-state index contributed by atoms with van der Waals surface area (Å²) in [6.45, 7) is 5.19. The Hall–Kier alpha value is -4.93. The Bertz CT molecular complexity index is 1700. The summed E-state index contributed by atoms with van der Waals surface area (Å²) in [6.07, 6.45) is -0.263. The maximum atomic E-state index is 13.6. The zero-order chi connectivity index (χ0) is 32.8. The van der Waals surface area contributed by atoms with Crippen LogP contribution in [0.5, 0.6) is 5.75 Å². The van der Waals surface area contributed by atoms with Gasteiger partial charge in [0, 0.05) is 42.2 Å². The number of carboxylic acid groups (broad SMARTS) is 1. The van der Waals surface area contributed by atoms with Gasteiger partial charge in [-0.15, -0.1) is 0 Å². The molecule has 1 heterocycles. The number of aliphatic hydroxyl groups excluding tert-OH is 1. The van der Waals surface area contributed by atoms with Gasteiger partial charge in [0.1, 0.15) is 11.9 Å². The van der Waals surface area contributed by atoms with Crippen molar-refractivity contribution < 1.29 is 29.3 Å². The number of urea groups is 1. The zero-order valence-electron chi connectivity index (χ0n) is 26.3. The Labute approximate surface area is 268 Å². The molecule has 0 saturated carbocycles. The second-order valence-corrected chi connectivity index (χ2v) is 12.0. The van der Waals surface area contributed by atoms with Crippen molar-refractivity contribution in [2.45, 2.75) is 39.0 Å². The summed E-state index contributed by atoms with van der Waals surface area (Å²) >= 11 is 0. The number of hydrogen-bond donors (Lipinski definition) is 4. The Kier molecular flexibility index (Phi) is 10.2. The lowest BCUT2D eigenvalue weighted by Gasteiger charge is -2.34. The normalized spacial score (nSPS) is 17.3. The van der Waals surface area contributed by atoms with Gasteiger partial charge in [-0.25, -0.2) is 9.59 Å². The maximum absolute atomic E-state index is 13.6. The first kappa shape index (κ1) is 32.5. The van der Waals surface area contributed by atoms with Crippen LogP contribution in [0.3, 0.4) is 0 Å². The van der Waals surface area contributed by atoms with E-state index in [1.807, 2.05) is 63.4 Å². The molecular weight excluding hydrogens is 584 g/mol.